The highest BCUT2D eigenvalue weighted by atomic mass is 35.5. The topological polar surface area (TPSA) is 53.1 Å². The maximum absolute atomic E-state index is 6.09. The molecular weight excluding hydrogens is 381 g/mol. The minimum absolute atomic E-state index is 0.510. The number of hydrogen-bond acceptors (Lipinski definition) is 5. The summed E-state index contributed by atoms with van der Waals surface area (Å²) >= 11 is 12.2. The van der Waals surface area contributed by atoms with Crippen LogP contribution in [0.25, 0.3) is 10.9 Å². The second kappa shape index (κ2) is 8.30. The van der Waals surface area contributed by atoms with Gasteiger partial charge in [-0.2, -0.15) is 4.98 Å². The van der Waals surface area contributed by atoms with Crippen molar-refractivity contribution < 1.29 is 0 Å². The van der Waals surface area contributed by atoms with Crippen molar-refractivity contribution in [3.05, 3.63) is 52.5 Å². The summed E-state index contributed by atoms with van der Waals surface area (Å²) in [6.45, 7) is 4.25. The molecule has 0 radical (unpaired) electrons. The summed E-state index contributed by atoms with van der Waals surface area (Å²) in [5.41, 5.74) is 1.64. The first-order valence-electron chi connectivity index (χ1n) is 9.13. The van der Waals surface area contributed by atoms with Crippen molar-refractivity contribution in [1.29, 1.82) is 0 Å². The third-order valence-corrected chi connectivity index (χ3v) is 5.08. The van der Waals surface area contributed by atoms with Gasteiger partial charge in [-0.05, 0) is 56.3 Å². The number of anilines is 3. The van der Waals surface area contributed by atoms with Crippen molar-refractivity contribution in [2.45, 2.75) is 12.8 Å². The van der Waals surface area contributed by atoms with Crippen LogP contribution in [0.15, 0.2) is 42.5 Å². The molecule has 1 aliphatic rings. The molecule has 27 heavy (non-hydrogen) atoms. The van der Waals surface area contributed by atoms with Crippen LogP contribution in [0.1, 0.15) is 12.8 Å². The number of aromatic nitrogens is 2. The molecule has 140 valence electrons. The van der Waals surface area contributed by atoms with Crippen LogP contribution in [0.4, 0.5) is 17.5 Å². The van der Waals surface area contributed by atoms with Crippen LogP contribution in [0.3, 0.4) is 0 Å². The largest absolute Gasteiger partial charge is 0.368 e. The van der Waals surface area contributed by atoms with Gasteiger partial charge in [0.15, 0.2) is 0 Å². The first kappa shape index (κ1) is 18.3. The standard InChI is InChI=1S/C20H21Cl2N5/c21-14-11-15(22)13-16(12-14)24-20-25-18-6-2-1-5-17(18)19(26-20)23-7-10-27-8-3-4-9-27/h1-2,5-6,11-13H,3-4,7-10H2,(H2,23,24,25,26). The zero-order valence-electron chi connectivity index (χ0n) is 14.9. The van der Waals surface area contributed by atoms with Crippen molar-refractivity contribution in [3.8, 4) is 0 Å². The molecule has 0 saturated carbocycles. The van der Waals surface area contributed by atoms with Crippen molar-refractivity contribution in [2.75, 3.05) is 36.8 Å². The predicted octanol–water partition coefficient (Wildman–Crippen LogP) is 5.19. The summed E-state index contributed by atoms with van der Waals surface area (Å²) in [6, 6.07) is 13.3. The van der Waals surface area contributed by atoms with Gasteiger partial charge < -0.3 is 15.5 Å². The molecule has 1 fully saturated rings. The van der Waals surface area contributed by atoms with Crippen molar-refractivity contribution in [1.82, 2.24) is 14.9 Å². The van der Waals surface area contributed by atoms with E-state index in [9.17, 15) is 0 Å². The SMILES string of the molecule is Clc1cc(Cl)cc(Nc2nc(NCCN3CCCC3)c3ccccc3n2)c1. The molecule has 7 heteroatoms. The molecule has 1 aromatic heterocycles. The quantitative estimate of drug-likeness (QED) is 0.595. The lowest BCUT2D eigenvalue weighted by Gasteiger charge is -2.16. The number of halogens is 2. The number of nitrogens with one attached hydrogen (secondary N) is 2. The van der Waals surface area contributed by atoms with E-state index in [1.54, 1.807) is 18.2 Å². The Morgan fingerprint density at radius 2 is 1.70 bits per heavy atom. The van der Waals surface area contributed by atoms with Gasteiger partial charge in [-0.15, -0.1) is 0 Å². The van der Waals surface area contributed by atoms with Gasteiger partial charge in [0.2, 0.25) is 5.95 Å². The zero-order chi connectivity index (χ0) is 18.6. The van der Waals surface area contributed by atoms with Crippen LogP contribution in [0.2, 0.25) is 10.0 Å². The summed E-state index contributed by atoms with van der Waals surface area (Å²) in [5.74, 6) is 1.34. The molecule has 0 aliphatic carbocycles. The van der Waals surface area contributed by atoms with Crippen molar-refractivity contribution in [2.24, 2.45) is 0 Å². The maximum atomic E-state index is 6.09. The molecule has 2 N–H and O–H groups in total. The Balaban J connectivity index is 1.57. The maximum Gasteiger partial charge on any atom is 0.229 e. The molecule has 0 spiro atoms. The highest BCUT2D eigenvalue weighted by Gasteiger charge is 2.12. The van der Waals surface area contributed by atoms with Gasteiger partial charge in [0.05, 0.1) is 5.52 Å². The molecule has 2 aromatic carbocycles. The van der Waals surface area contributed by atoms with Crippen LogP contribution < -0.4 is 10.6 Å². The average Bonchev–Trinajstić information content (AvgIpc) is 3.14. The Morgan fingerprint density at radius 3 is 2.48 bits per heavy atom. The van der Waals surface area contributed by atoms with E-state index in [0.717, 1.165) is 35.5 Å². The molecule has 3 aromatic rings. The minimum Gasteiger partial charge on any atom is -0.368 e. The molecule has 5 nitrogen and oxygen atoms in total. The van der Waals surface area contributed by atoms with E-state index in [-0.39, 0.29) is 0 Å². The van der Waals surface area contributed by atoms with Gasteiger partial charge in [0.25, 0.3) is 0 Å². The first-order chi connectivity index (χ1) is 13.2. The van der Waals surface area contributed by atoms with Crippen LogP contribution in [-0.4, -0.2) is 41.0 Å². The summed E-state index contributed by atoms with van der Waals surface area (Å²) in [6.07, 6.45) is 2.60. The van der Waals surface area contributed by atoms with Crippen LogP contribution >= 0.6 is 23.2 Å². The minimum atomic E-state index is 0.510. The Hall–Kier alpha value is -2.08. The number of fused-ring (bicyclic) bond motifs is 1. The van der Waals surface area contributed by atoms with E-state index in [1.807, 2.05) is 24.3 Å². The number of benzene rings is 2. The normalized spacial score (nSPS) is 14.6. The lowest BCUT2D eigenvalue weighted by Crippen LogP contribution is -2.26. The third kappa shape index (κ3) is 4.61. The van der Waals surface area contributed by atoms with Gasteiger partial charge in [0, 0.05) is 34.2 Å². The zero-order valence-corrected chi connectivity index (χ0v) is 16.4. The Labute approximate surface area is 168 Å². The Bertz CT molecular complexity index is 921. The second-order valence-electron chi connectivity index (χ2n) is 6.67. The highest BCUT2D eigenvalue weighted by Crippen LogP contribution is 2.27. The molecule has 0 atom stereocenters. The molecular formula is C20H21Cl2N5. The van der Waals surface area contributed by atoms with Gasteiger partial charge >= 0.3 is 0 Å². The van der Waals surface area contributed by atoms with Gasteiger partial charge in [0.1, 0.15) is 5.82 Å². The monoisotopic (exact) mass is 401 g/mol. The van der Waals surface area contributed by atoms with Gasteiger partial charge in [-0.1, -0.05) is 35.3 Å². The van der Waals surface area contributed by atoms with E-state index >= 15 is 0 Å². The van der Waals surface area contributed by atoms with Crippen LogP contribution in [-0.2, 0) is 0 Å². The van der Waals surface area contributed by atoms with Crippen LogP contribution in [0, 0.1) is 0 Å². The van der Waals surface area contributed by atoms with Crippen molar-refractivity contribution >= 4 is 51.6 Å². The summed E-state index contributed by atoms with van der Waals surface area (Å²) in [7, 11) is 0. The number of likely N-dealkylation sites (tertiary alicyclic amines) is 1. The number of rotatable bonds is 6. The lowest BCUT2D eigenvalue weighted by molar-refractivity contribution is 0.352. The fourth-order valence-corrected chi connectivity index (χ4v) is 3.89. The summed E-state index contributed by atoms with van der Waals surface area (Å²) in [4.78, 5) is 11.8. The van der Waals surface area contributed by atoms with Crippen molar-refractivity contribution in [3.63, 3.8) is 0 Å². The molecule has 4 rings (SSSR count). The van der Waals surface area contributed by atoms with E-state index in [1.165, 1.54) is 25.9 Å². The number of nitrogens with zero attached hydrogens (tertiary/aromatic N) is 3. The first-order valence-corrected chi connectivity index (χ1v) is 9.89. The predicted molar refractivity (Wildman–Crippen MR) is 113 cm³/mol. The second-order valence-corrected chi connectivity index (χ2v) is 7.54. The van der Waals surface area contributed by atoms with E-state index in [0.29, 0.717) is 16.0 Å². The van der Waals surface area contributed by atoms with E-state index < -0.39 is 0 Å². The number of hydrogen-bond donors (Lipinski definition) is 2. The van der Waals surface area contributed by atoms with E-state index in [2.05, 4.69) is 25.5 Å². The lowest BCUT2D eigenvalue weighted by atomic mass is 10.2. The summed E-state index contributed by atoms with van der Waals surface area (Å²) in [5, 5.41) is 8.82. The Morgan fingerprint density at radius 1 is 0.963 bits per heavy atom. The molecule has 0 unspecified atom stereocenters. The van der Waals surface area contributed by atoms with Gasteiger partial charge in [-0.3, -0.25) is 0 Å². The average molecular weight is 402 g/mol. The van der Waals surface area contributed by atoms with E-state index in [4.69, 9.17) is 23.2 Å². The molecule has 0 amide bonds. The molecule has 1 aliphatic heterocycles. The van der Waals surface area contributed by atoms with Crippen LogP contribution in [0.5, 0.6) is 0 Å². The smallest absolute Gasteiger partial charge is 0.229 e. The number of para-hydroxylation sites is 1. The molecule has 1 saturated heterocycles. The fourth-order valence-electron chi connectivity index (χ4n) is 3.36. The fraction of sp³-hybridized carbons (Fsp3) is 0.300. The molecule has 2 heterocycles. The Kier molecular flexibility index (Phi) is 5.62. The summed E-state index contributed by atoms with van der Waals surface area (Å²) < 4.78 is 0. The van der Waals surface area contributed by atoms with Gasteiger partial charge in [-0.25, -0.2) is 4.98 Å². The third-order valence-electron chi connectivity index (χ3n) is 4.64. The molecule has 0 bridgehead atoms. The highest BCUT2D eigenvalue weighted by molar-refractivity contribution is 6.35.